The van der Waals surface area contributed by atoms with Crippen LogP contribution >= 0.6 is 23.2 Å². The number of carbonyl (C=O) groups excluding carboxylic acids is 1. The molecule has 1 aliphatic rings. The minimum Gasteiger partial charge on any atom is -0.480 e. The second-order valence-corrected chi connectivity index (χ2v) is 7.57. The second-order valence-electron chi connectivity index (χ2n) is 6.75. The number of aromatic nitrogens is 1. The van der Waals surface area contributed by atoms with Gasteiger partial charge in [-0.2, -0.15) is 0 Å². The van der Waals surface area contributed by atoms with Crippen molar-refractivity contribution in [3.05, 3.63) is 63.8 Å². The summed E-state index contributed by atoms with van der Waals surface area (Å²) in [5.41, 5.74) is 3.50. The Bertz CT molecular complexity index is 1050. The summed E-state index contributed by atoms with van der Waals surface area (Å²) in [4.78, 5) is 19.2. The Balaban J connectivity index is 1.63. The number of amides is 1. The average Bonchev–Trinajstić information content (AvgIpc) is 2.96. The lowest BCUT2D eigenvalue weighted by Crippen LogP contribution is -2.39. The van der Waals surface area contributed by atoms with E-state index in [4.69, 9.17) is 27.9 Å². The van der Waals surface area contributed by atoms with Crippen molar-refractivity contribution in [2.75, 3.05) is 11.5 Å². The van der Waals surface area contributed by atoms with Crippen LogP contribution in [0.25, 0.3) is 10.9 Å². The summed E-state index contributed by atoms with van der Waals surface area (Å²) in [7, 11) is 0. The van der Waals surface area contributed by atoms with E-state index in [-0.39, 0.29) is 18.6 Å². The van der Waals surface area contributed by atoms with Crippen LogP contribution in [0.1, 0.15) is 18.2 Å². The molecule has 1 aliphatic heterocycles. The topological polar surface area (TPSA) is 42.4 Å². The molecule has 2 heterocycles. The first-order valence-electron chi connectivity index (χ1n) is 8.74. The SMILES string of the molecule is Cc1ccc2c(Cl)cc(Cl)c(OCC(=O)N3c4ccccc4C[C@@H]3C)c2n1. The van der Waals surface area contributed by atoms with Crippen LogP contribution in [-0.4, -0.2) is 23.5 Å². The van der Waals surface area contributed by atoms with Crippen LogP contribution in [0.15, 0.2) is 42.5 Å². The van der Waals surface area contributed by atoms with Gasteiger partial charge in [-0.15, -0.1) is 0 Å². The quantitative estimate of drug-likeness (QED) is 0.605. The number of halogens is 2. The summed E-state index contributed by atoms with van der Waals surface area (Å²) < 4.78 is 5.85. The molecular weight excluding hydrogens is 383 g/mol. The molecule has 4 rings (SSSR count). The molecular formula is C21H18Cl2N2O2. The highest BCUT2D eigenvalue weighted by atomic mass is 35.5. The molecule has 27 heavy (non-hydrogen) atoms. The maximum absolute atomic E-state index is 12.9. The van der Waals surface area contributed by atoms with Gasteiger partial charge >= 0.3 is 0 Å². The lowest BCUT2D eigenvalue weighted by Gasteiger charge is -2.23. The van der Waals surface area contributed by atoms with Gasteiger partial charge in [0.1, 0.15) is 5.52 Å². The highest BCUT2D eigenvalue weighted by Crippen LogP contribution is 2.38. The fraction of sp³-hybridized carbons (Fsp3) is 0.238. The first kappa shape index (κ1) is 18.1. The van der Waals surface area contributed by atoms with E-state index in [1.165, 1.54) is 5.56 Å². The third kappa shape index (κ3) is 3.24. The molecule has 0 bridgehead atoms. The number of carbonyl (C=O) groups is 1. The van der Waals surface area contributed by atoms with Crippen LogP contribution < -0.4 is 9.64 Å². The summed E-state index contributed by atoms with van der Waals surface area (Å²) in [6, 6.07) is 13.4. The highest BCUT2D eigenvalue weighted by Gasteiger charge is 2.31. The molecule has 0 saturated carbocycles. The Morgan fingerprint density at radius 2 is 2.00 bits per heavy atom. The molecule has 0 radical (unpaired) electrons. The Morgan fingerprint density at radius 1 is 1.22 bits per heavy atom. The van der Waals surface area contributed by atoms with E-state index < -0.39 is 0 Å². The molecule has 3 aromatic rings. The van der Waals surface area contributed by atoms with Crippen LogP contribution in [0, 0.1) is 6.92 Å². The average molecular weight is 401 g/mol. The molecule has 1 atom stereocenters. The maximum atomic E-state index is 12.9. The number of benzene rings is 2. The van der Waals surface area contributed by atoms with Gasteiger partial charge in [0.15, 0.2) is 12.4 Å². The number of nitrogens with zero attached hydrogens (tertiary/aromatic N) is 2. The predicted octanol–water partition coefficient (Wildman–Crippen LogP) is 5.21. The van der Waals surface area contributed by atoms with Gasteiger partial charge < -0.3 is 9.64 Å². The van der Waals surface area contributed by atoms with E-state index in [1.54, 1.807) is 11.0 Å². The van der Waals surface area contributed by atoms with Crippen LogP contribution in [0.3, 0.4) is 0 Å². The zero-order valence-corrected chi connectivity index (χ0v) is 16.5. The fourth-order valence-corrected chi connectivity index (χ4v) is 4.15. The van der Waals surface area contributed by atoms with E-state index >= 15 is 0 Å². The first-order valence-corrected chi connectivity index (χ1v) is 9.49. The number of para-hydroxylation sites is 1. The number of hydrogen-bond donors (Lipinski definition) is 0. The number of aryl methyl sites for hydroxylation is 1. The summed E-state index contributed by atoms with van der Waals surface area (Å²) in [6.45, 7) is 3.80. The van der Waals surface area contributed by atoms with Crippen molar-refractivity contribution in [3.63, 3.8) is 0 Å². The summed E-state index contributed by atoms with van der Waals surface area (Å²) in [5, 5.41) is 1.59. The van der Waals surface area contributed by atoms with E-state index in [9.17, 15) is 4.79 Å². The molecule has 0 saturated heterocycles. The number of anilines is 1. The second kappa shape index (κ2) is 7.02. The third-order valence-electron chi connectivity index (χ3n) is 4.79. The molecule has 0 unspecified atom stereocenters. The largest absolute Gasteiger partial charge is 0.480 e. The molecule has 0 spiro atoms. The highest BCUT2D eigenvalue weighted by molar-refractivity contribution is 6.39. The standard InChI is InChI=1S/C21H18Cl2N2O2/c1-12-7-8-15-16(22)10-17(23)21(20(15)24-12)27-11-19(26)25-13(2)9-14-5-3-4-6-18(14)25/h3-8,10,13H,9,11H2,1-2H3/t13-/m0/s1. The lowest BCUT2D eigenvalue weighted by molar-refractivity contribution is -0.120. The monoisotopic (exact) mass is 400 g/mol. The predicted molar refractivity (Wildman–Crippen MR) is 109 cm³/mol. The zero-order valence-electron chi connectivity index (χ0n) is 15.0. The van der Waals surface area contributed by atoms with Crippen molar-refractivity contribution in [1.29, 1.82) is 0 Å². The molecule has 2 aromatic carbocycles. The van der Waals surface area contributed by atoms with Gasteiger partial charge in [-0.25, -0.2) is 4.98 Å². The molecule has 4 nitrogen and oxygen atoms in total. The van der Waals surface area contributed by atoms with Crippen LogP contribution in [0.4, 0.5) is 5.69 Å². The Labute approximate surface area is 167 Å². The van der Waals surface area contributed by atoms with Gasteiger partial charge in [0.25, 0.3) is 5.91 Å². The summed E-state index contributed by atoms with van der Waals surface area (Å²) in [6.07, 6.45) is 0.841. The third-order valence-corrected chi connectivity index (χ3v) is 5.39. The van der Waals surface area contributed by atoms with E-state index in [2.05, 4.69) is 11.1 Å². The van der Waals surface area contributed by atoms with Gasteiger partial charge in [0.2, 0.25) is 0 Å². The van der Waals surface area contributed by atoms with Crippen molar-refractivity contribution < 1.29 is 9.53 Å². The van der Waals surface area contributed by atoms with Gasteiger partial charge in [-0.1, -0.05) is 41.4 Å². The van der Waals surface area contributed by atoms with Gasteiger partial charge in [-0.05, 0) is 50.1 Å². The van der Waals surface area contributed by atoms with Gasteiger partial charge in [0, 0.05) is 22.8 Å². The Kier molecular flexibility index (Phi) is 4.70. The van der Waals surface area contributed by atoms with Crippen molar-refractivity contribution in [1.82, 2.24) is 4.98 Å². The van der Waals surface area contributed by atoms with Gasteiger partial charge in [-0.3, -0.25) is 4.79 Å². The Morgan fingerprint density at radius 3 is 2.81 bits per heavy atom. The fourth-order valence-electron chi connectivity index (χ4n) is 3.58. The van der Waals surface area contributed by atoms with Crippen LogP contribution in [0.2, 0.25) is 10.0 Å². The zero-order chi connectivity index (χ0) is 19.1. The minimum absolute atomic E-state index is 0.0938. The number of ether oxygens (including phenoxy) is 1. The molecule has 0 aliphatic carbocycles. The van der Waals surface area contributed by atoms with Crippen molar-refractivity contribution in [3.8, 4) is 5.75 Å². The van der Waals surface area contributed by atoms with Crippen molar-refractivity contribution in [2.24, 2.45) is 0 Å². The number of hydrogen-bond acceptors (Lipinski definition) is 3. The van der Waals surface area contributed by atoms with E-state index in [1.807, 2.05) is 44.2 Å². The first-order chi connectivity index (χ1) is 13.0. The minimum atomic E-state index is -0.120. The number of rotatable bonds is 3. The summed E-state index contributed by atoms with van der Waals surface area (Å²) in [5.74, 6) is 0.271. The molecule has 0 fully saturated rings. The van der Waals surface area contributed by atoms with Crippen molar-refractivity contribution in [2.45, 2.75) is 26.3 Å². The number of fused-ring (bicyclic) bond motifs is 2. The van der Waals surface area contributed by atoms with Gasteiger partial charge in [0.05, 0.1) is 10.0 Å². The van der Waals surface area contributed by atoms with E-state index in [0.29, 0.717) is 21.3 Å². The molecule has 6 heteroatoms. The smallest absolute Gasteiger partial charge is 0.265 e. The molecule has 0 N–H and O–H groups in total. The maximum Gasteiger partial charge on any atom is 0.265 e. The molecule has 1 amide bonds. The molecule has 1 aromatic heterocycles. The van der Waals surface area contributed by atoms with Crippen molar-refractivity contribution >= 4 is 45.7 Å². The molecule has 138 valence electrons. The number of pyridine rings is 1. The van der Waals surface area contributed by atoms with E-state index in [0.717, 1.165) is 23.2 Å². The lowest BCUT2D eigenvalue weighted by atomic mass is 10.1. The van der Waals surface area contributed by atoms with Crippen LogP contribution in [0.5, 0.6) is 5.75 Å². The van der Waals surface area contributed by atoms with Crippen LogP contribution in [-0.2, 0) is 11.2 Å². The summed E-state index contributed by atoms with van der Waals surface area (Å²) >= 11 is 12.6. The normalized spacial score (nSPS) is 15.9. The Hall–Kier alpha value is -2.30.